The topological polar surface area (TPSA) is 76.9 Å². The van der Waals surface area contributed by atoms with Crippen LogP contribution in [0, 0.1) is 5.92 Å². The Morgan fingerprint density at radius 2 is 1.82 bits per heavy atom. The van der Waals surface area contributed by atoms with Gasteiger partial charge in [0.15, 0.2) is 16.5 Å². The second-order valence-corrected chi connectivity index (χ2v) is 8.47. The summed E-state index contributed by atoms with van der Waals surface area (Å²) < 4.78 is 11.8. The molecule has 0 saturated heterocycles. The third kappa shape index (κ3) is 7.44. The number of benzene rings is 1. The van der Waals surface area contributed by atoms with Crippen molar-refractivity contribution in [1.82, 2.24) is 5.32 Å². The molecule has 1 unspecified atom stereocenters. The fraction of sp³-hybridized carbons (Fsp3) is 0.409. The summed E-state index contributed by atoms with van der Waals surface area (Å²) in [5.41, 5.74) is 3.24. The third-order valence-electron chi connectivity index (χ3n) is 4.22. The summed E-state index contributed by atoms with van der Waals surface area (Å²) in [4.78, 5) is 21.8. The van der Waals surface area contributed by atoms with Gasteiger partial charge < -0.3 is 9.87 Å². The molecule has 5 nitrogen and oxygen atoms in total. The smallest absolute Gasteiger partial charge is 0.194 e. The highest BCUT2D eigenvalue weighted by atomic mass is 32.2. The van der Waals surface area contributed by atoms with E-state index in [0.29, 0.717) is 29.6 Å². The van der Waals surface area contributed by atoms with Gasteiger partial charge in [-0.05, 0) is 61.6 Å². The van der Waals surface area contributed by atoms with Crippen LogP contribution in [0.25, 0.3) is 0 Å². The van der Waals surface area contributed by atoms with E-state index in [1.54, 1.807) is 6.08 Å². The molecule has 1 atom stereocenters. The van der Waals surface area contributed by atoms with E-state index in [0.717, 1.165) is 16.2 Å². The zero-order valence-corrected chi connectivity index (χ0v) is 18.5. The van der Waals surface area contributed by atoms with Crippen molar-refractivity contribution in [2.24, 2.45) is 15.9 Å². The van der Waals surface area contributed by atoms with Crippen molar-refractivity contribution in [1.29, 1.82) is 0 Å². The van der Waals surface area contributed by atoms with Crippen molar-refractivity contribution in [3.05, 3.63) is 53.9 Å². The first-order valence-electron chi connectivity index (χ1n) is 9.38. The van der Waals surface area contributed by atoms with Gasteiger partial charge in [-0.1, -0.05) is 32.6 Å². The highest BCUT2D eigenvalue weighted by molar-refractivity contribution is 7.91. The van der Waals surface area contributed by atoms with E-state index in [2.05, 4.69) is 35.7 Å². The molecule has 0 aliphatic heterocycles. The highest BCUT2D eigenvalue weighted by Gasteiger charge is 2.10. The molecule has 1 aromatic rings. The van der Waals surface area contributed by atoms with Crippen molar-refractivity contribution in [3.63, 3.8) is 0 Å². The van der Waals surface area contributed by atoms with Crippen LogP contribution in [-0.2, 0) is 22.5 Å². The quantitative estimate of drug-likeness (QED) is 0.288. The van der Waals surface area contributed by atoms with Gasteiger partial charge in [0, 0.05) is 19.2 Å². The van der Waals surface area contributed by atoms with Gasteiger partial charge in [0.1, 0.15) is 5.75 Å². The molecule has 1 rings (SSSR count). The van der Waals surface area contributed by atoms with E-state index in [9.17, 15) is 9.35 Å². The average Bonchev–Trinajstić information content (AvgIpc) is 2.67. The second-order valence-electron chi connectivity index (χ2n) is 6.73. The van der Waals surface area contributed by atoms with E-state index in [-0.39, 0.29) is 11.6 Å². The normalized spacial score (nSPS) is 14.6. The lowest BCUT2D eigenvalue weighted by atomic mass is 10.1. The Bertz CT molecular complexity index is 777. The number of aliphatic imine (C=N–C) groups is 2. The molecule has 0 aliphatic rings. The number of nitrogens with one attached hydrogen (secondary N) is 1. The molecule has 152 valence electrons. The molecule has 0 radical (unpaired) electrons. The lowest BCUT2D eigenvalue weighted by Crippen LogP contribution is -2.29. The molecule has 1 N–H and O–H groups in total. The van der Waals surface area contributed by atoms with Crippen molar-refractivity contribution in [2.75, 3.05) is 5.75 Å². The molecule has 1 aromatic carbocycles. The maximum absolute atomic E-state index is 12.0. The first kappa shape index (κ1) is 23.9. The zero-order chi connectivity index (χ0) is 21.3. The minimum absolute atomic E-state index is 0.166. The van der Waals surface area contributed by atoms with Crippen LogP contribution < -0.4 is 5.32 Å². The predicted molar refractivity (Wildman–Crippen MR) is 119 cm³/mol. The number of hydrogen-bond acceptors (Lipinski definition) is 4. The van der Waals surface area contributed by atoms with Crippen LogP contribution in [-0.4, -0.2) is 27.6 Å². The first-order valence-corrected chi connectivity index (χ1v) is 10.7. The van der Waals surface area contributed by atoms with Crippen LogP contribution in [0.3, 0.4) is 0 Å². The summed E-state index contributed by atoms with van der Waals surface area (Å²) in [5.74, 6) is 1.02. The van der Waals surface area contributed by atoms with Gasteiger partial charge in [0.25, 0.3) is 0 Å². The third-order valence-corrected chi connectivity index (χ3v) is 5.54. The van der Waals surface area contributed by atoms with Gasteiger partial charge in [-0.25, -0.2) is 4.99 Å². The second kappa shape index (κ2) is 11.6. The summed E-state index contributed by atoms with van der Waals surface area (Å²) in [6.07, 6.45) is 1.60. The molecule has 0 aromatic heterocycles. The van der Waals surface area contributed by atoms with E-state index in [1.807, 2.05) is 45.0 Å². The lowest BCUT2D eigenvalue weighted by Gasteiger charge is -2.11. The average molecular weight is 402 g/mol. The van der Waals surface area contributed by atoms with Crippen molar-refractivity contribution >= 4 is 28.5 Å². The fourth-order valence-corrected chi connectivity index (χ4v) is 2.97. The Hall–Kier alpha value is -2.18. The van der Waals surface area contributed by atoms with Crippen molar-refractivity contribution < 1.29 is 9.35 Å². The number of rotatable bonds is 9. The molecule has 0 fully saturated rings. The number of allylic oxidation sites excluding steroid dienone is 2. The van der Waals surface area contributed by atoms with Gasteiger partial charge in [-0.3, -0.25) is 9.79 Å². The van der Waals surface area contributed by atoms with Crippen LogP contribution in [0.1, 0.15) is 47.1 Å². The number of Topliss-reactive ketones (excluding diaryl/α,β-unsaturated/α-hetero) is 1. The molecular formula is C22H31N3O2S. The van der Waals surface area contributed by atoms with Gasteiger partial charge in [0.05, 0.1) is 11.4 Å². The Balaban J connectivity index is 3.02. The lowest BCUT2D eigenvalue weighted by molar-refractivity contribution is -0.111. The fourth-order valence-electron chi connectivity index (χ4n) is 2.20. The number of nitrogens with zero attached hydrogens (tertiary/aromatic N) is 2. The summed E-state index contributed by atoms with van der Waals surface area (Å²) in [5, 5.41) is 3.09. The first-order chi connectivity index (χ1) is 13.2. The largest absolute Gasteiger partial charge is 0.611 e. The van der Waals surface area contributed by atoms with E-state index in [4.69, 9.17) is 0 Å². The molecule has 0 bridgehead atoms. The number of carbonyl (C=O) groups is 1. The Morgan fingerprint density at radius 3 is 2.29 bits per heavy atom. The van der Waals surface area contributed by atoms with E-state index in [1.165, 1.54) is 6.92 Å². The van der Waals surface area contributed by atoms with E-state index < -0.39 is 11.2 Å². The molecule has 0 amide bonds. The summed E-state index contributed by atoms with van der Waals surface area (Å²) in [6.45, 7) is 15.6. The number of hydrogen-bond donors (Lipinski definition) is 1. The molecule has 0 spiro atoms. The summed E-state index contributed by atoms with van der Waals surface area (Å²) >= 11 is -0.969. The van der Waals surface area contributed by atoms with Crippen LogP contribution in [0.15, 0.2) is 63.2 Å². The van der Waals surface area contributed by atoms with Gasteiger partial charge >= 0.3 is 0 Å². The van der Waals surface area contributed by atoms with Crippen molar-refractivity contribution in [2.45, 2.75) is 53.0 Å². The maximum atomic E-state index is 12.0. The zero-order valence-electron chi connectivity index (χ0n) is 17.7. The Labute approximate surface area is 171 Å². The highest BCUT2D eigenvalue weighted by Crippen LogP contribution is 2.13. The Morgan fingerprint density at radius 1 is 1.21 bits per heavy atom. The minimum Gasteiger partial charge on any atom is -0.611 e. The standard InChI is InChI=1S/C22H31N3O2S/c1-8-21(17(6)24-16(5)15(3)4)25-22(18(7)26)23-14-19-10-12-20(13-11-19)28(27)9-2/h8,10-13,15H,1,9,14H2,2-7H3,(H,23,25)/b21-17+,24-16-. The molecule has 6 heteroatoms. The van der Waals surface area contributed by atoms with Gasteiger partial charge in [-0.15, -0.1) is 0 Å². The number of amidine groups is 1. The SMILES string of the molecule is C=CC(/N=C(/NCc1ccc([S+]([O-])CC)cc1)C(C)=O)=C(C)\N=C(\C)C(C)C. The molecule has 0 heterocycles. The Kier molecular flexibility index (Phi) is 9.90. The molecule has 28 heavy (non-hydrogen) atoms. The van der Waals surface area contributed by atoms with Gasteiger partial charge in [-0.2, -0.15) is 0 Å². The van der Waals surface area contributed by atoms with Crippen molar-refractivity contribution in [3.8, 4) is 0 Å². The van der Waals surface area contributed by atoms with E-state index >= 15 is 0 Å². The van der Waals surface area contributed by atoms with Gasteiger partial charge in [0.2, 0.25) is 0 Å². The summed E-state index contributed by atoms with van der Waals surface area (Å²) in [7, 11) is 0. The minimum atomic E-state index is -0.969. The van der Waals surface area contributed by atoms with Crippen LogP contribution in [0.4, 0.5) is 0 Å². The number of carbonyl (C=O) groups excluding carboxylic acids is 1. The monoisotopic (exact) mass is 401 g/mol. The predicted octanol–water partition coefficient (Wildman–Crippen LogP) is 4.43. The van der Waals surface area contributed by atoms with Crippen LogP contribution in [0.5, 0.6) is 0 Å². The molecule has 0 aliphatic carbocycles. The van der Waals surface area contributed by atoms with Crippen LogP contribution >= 0.6 is 0 Å². The number of ketones is 1. The molecule has 0 saturated carbocycles. The summed E-state index contributed by atoms with van der Waals surface area (Å²) in [6, 6.07) is 7.51. The molecular weight excluding hydrogens is 370 g/mol. The van der Waals surface area contributed by atoms with Crippen LogP contribution in [0.2, 0.25) is 0 Å². The maximum Gasteiger partial charge on any atom is 0.194 e.